The van der Waals surface area contributed by atoms with E-state index in [0.717, 1.165) is 10.6 Å². The van der Waals surface area contributed by atoms with Gasteiger partial charge in [0, 0.05) is 11.1 Å². The predicted octanol–water partition coefficient (Wildman–Crippen LogP) is 6.08. The summed E-state index contributed by atoms with van der Waals surface area (Å²) in [7, 11) is 2.43. The zero-order valence-corrected chi connectivity index (χ0v) is 27.6. The van der Waals surface area contributed by atoms with Crippen LogP contribution in [0.4, 0.5) is 8.78 Å². The van der Waals surface area contributed by atoms with Crippen molar-refractivity contribution in [1.82, 2.24) is 0 Å². The topological polar surface area (TPSA) is 71.1 Å². The Morgan fingerprint density at radius 1 is 0.614 bits per heavy atom. The van der Waals surface area contributed by atoms with Crippen LogP contribution >= 0.6 is 40.4 Å². The Morgan fingerprint density at radius 2 is 0.955 bits per heavy atom. The van der Waals surface area contributed by atoms with Gasteiger partial charge in [-0.05, 0) is 71.5 Å². The van der Waals surface area contributed by atoms with Crippen molar-refractivity contribution in [3.05, 3.63) is 94.5 Å². The van der Waals surface area contributed by atoms with Crippen LogP contribution < -0.4 is 30.7 Å². The van der Waals surface area contributed by atoms with Gasteiger partial charge in [-0.25, -0.2) is 18.4 Å². The normalized spacial score (nSPS) is 12.8. The van der Waals surface area contributed by atoms with Crippen molar-refractivity contribution >= 4 is 73.5 Å². The molecule has 0 saturated heterocycles. The number of carbonyl (C=O) groups excluding carboxylic acids is 2. The Hall–Kier alpha value is -3.28. The van der Waals surface area contributed by atoms with Gasteiger partial charge in [0.15, 0.2) is 12.2 Å². The Labute approximate surface area is 267 Å². The molecule has 0 spiro atoms. The van der Waals surface area contributed by atoms with Crippen molar-refractivity contribution in [2.75, 3.05) is 14.2 Å². The highest BCUT2D eigenvalue weighted by Gasteiger charge is 2.29. The third-order valence-corrected chi connectivity index (χ3v) is 9.58. The molecule has 0 fully saturated rings. The second-order valence-corrected chi connectivity index (χ2v) is 13.0. The van der Waals surface area contributed by atoms with Gasteiger partial charge in [-0.2, -0.15) is 0 Å². The smallest absolute Gasteiger partial charge is 0.346 e. The van der Waals surface area contributed by atoms with Gasteiger partial charge >= 0.3 is 11.9 Å². The van der Waals surface area contributed by atoms with Crippen LogP contribution in [0.1, 0.15) is 13.8 Å². The largest absolute Gasteiger partial charge is 0.477 e. The van der Waals surface area contributed by atoms with E-state index in [2.05, 4.69) is 0 Å². The zero-order valence-electron chi connectivity index (χ0n) is 24.0. The fourth-order valence-electron chi connectivity index (χ4n) is 4.21. The van der Waals surface area contributed by atoms with E-state index in [1.165, 1.54) is 52.3 Å². The van der Waals surface area contributed by atoms with E-state index in [-0.39, 0.29) is 50.3 Å². The molecule has 0 aromatic heterocycles. The number of benzene rings is 4. The monoisotopic (exact) mass is 678 g/mol. The average Bonchev–Trinajstić information content (AvgIpc) is 3.02. The molecule has 0 amide bonds. The van der Waals surface area contributed by atoms with Crippen LogP contribution in [0.2, 0.25) is 10.0 Å². The molecule has 12 heteroatoms. The van der Waals surface area contributed by atoms with Gasteiger partial charge in [0.2, 0.25) is 0 Å². The van der Waals surface area contributed by atoms with Gasteiger partial charge in [-0.1, -0.05) is 76.8 Å². The van der Waals surface area contributed by atoms with Crippen LogP contribution in [0.3, 0.4) is 0 Å². The first-order chi connectivity index (χ1) is 21.0. The van der Waals surface area contributed by atoms with Gasteiger partial charge in [0.05, 0.1) is 24.3 Å². The van der Waals surface area contributed by atoms with Crippen LogP contribution in [0.25, 0.3) is 11.1 Å². The van der Waals surface area contributed by atoms with Crippen molar-refractivity contribution in [2.24, 2.45) is 0 Å². The lowest BCUT2D eigenvalue weighted by Crippen LogP contribution is -2.27. The number of hydrogen-bond acceptors (Lipinski definition) is 6. The molecule has 0 radical (unpaired) electrons. The molecule has 0 aliphatic carbocycles. The molecule has 44 heavy (non-hydrogen) atoms. The van der Waals surface area contributed by atoms with Gasteiger partial charge in [0.25, 0.3) is 0 Å². The molecule has 4 aromatic rings. The third-order valence-electron chi connectivity index (χ3n) is 6.37. The highest BCUT2D eigenvalue weighted by Crippen LogP contribution is 2.45. The van der Waals surface area contributed by atoms with Crippen LogP contribution in [0, 0.1) is 11.6 Å². The van der Waals surface area contributed by atoms with Crippen LogP contribution in [0.15, 0.2) is 72.8 Å². The van der Waals surface area contributed by atoms with Crippen molar-refractivity contribution in [1.29, 1.82) is 0 Å². The highest BCUT2D eigenvalue weighted by atomic mass is 35.5. The summed E-state index contributed by atoms with van der Waals surface area (Å²) >= 11 is 13.5. The first-order valence-corrected chi connectivity index (χ1v) is 16.0. The van der Waals surface area contributed by atoms with E-state index in [0.29, 0.717) is 21.7 Å². The summed E-state index contributed by atoms with van der Waals surface area (Å²) < 4.78 is 49.7. The molecule has 4 unspecified atom stereocenters. The molecule has 6 nitrogen and oxygen atoms in total. The summed E-state index contributed by atoms with van der Waals surface area (Å²) in [5.74, 6) is -1.71. The number of hydrogen-bond donors (Lipinski definition) is 0. The van der Waals surface area contributed by atoms with Crippen molar-refractivity contribution in [2.45, 2.75) is 26.1 Å². The molecule has 0 aliphatic heterocycles. The quantitative estimate of drug-likeness (QED) is 0.142. The Kier molecular flexibility index (Phi) is 11.6. The minimum atomic E-state index is -1.05. The maximum atomic E-state index is 13.8. The molecular weight excluding hydrogens is 651 g/mol. The molecule has 0 bridgehead atoms. The van der Waals surface area contributed by atoms with Gasteiger partial charge in [-0.3, -0.25) is 0 Å². The number of ether oxygens (including phenoxy) is 4. The van der Waals surface area contributed by atoms with Crippen molar-refractivity contribution in [3.63, 3.8) is 0 Å². The lowest BCUT2D eigenvalue weighted by Gasteiger charge is -2.25. The fourth-order valence-corrected chi connectivity index (χ4v) is 6.96. The highest BCUT2D eigenvalue weighted by molar-refractivity contribution is 7.56. The first-order valence-electron chi connectivity index (χ1n) is 13.2. The number of methoxy groups -OCH3 is 2. The molecule has 0 saturated carbocycles. The summed E-state index contributed by atoms with van der Waals surface area (Å²) in [5, 5.41) is 3.39. The minimum Gasteiger partial charge on any atom is -0.477 e. The number of halogens is 4. The van der Waals surface area contributed by atoms with E-state index in [4.69, 9.17) is 42.1 Å². The van der Waals surface area contributed by atoms with E-state index in [1.54, 1.807) is 48.5 Å². The predicted molar refractivity (Wildman–Crippen MR) is 174 cm³/mol. The summed E-state index contributed by atoms with van der Waals surface area (Å²) in [5.41, 5.74) is 0.908. The van der Waals surface area contributed by atoms with Crippen molar-refractivity contribution < 1.29 is 37.3 Å². The molecule has 4 rings (SSSR count). The number of rotatable bonds is 11. The molecule has 0 aliphatic rings. The number of esters is 2. The second kappa shape index (κ2) is 15.1. The van der Waals surface area contributed by atoms with E-state index < -0.39 is 24.1 Å². The summed E-state index contributed by atoms with van der Waals surface area (Å²) in [6, 6.07) is 19.0. The Bertz CT molecular complexity index is 1530. The summed E-state index contributed by atoms with van der Waals surface area (Å²) in [6.45, 7) is 3.05. The van der Waals surface area contributed by atoms with E-state index in [9.17, 15) is 18.4 Å². The second-order valence-electron chi connectivity index (χ2n) is 9.43. The standard InChI is InChI=1S/C32H28Cl2F2O6P2/c1-17(31(37)39-3)41-29-23(33)13-15-25(43-21-9-5-19(35)6-10-21)27(29)28-26(44-22-11-7-20(36)8-12-22)16-14-24(34)30(28)42-18(2)32(38)40-4/h5-18,43-44H,1-4H3. The van der Waals surface area contributed by atoms with E-state index in [1.807, 2.05) is 0 Å². The zero-order chi connectivity index (χ0) is 32.0. The van der Waals surface area contributed by atoms with Gasteiger partial charge in [-0.15, -0.1) is 0 Å². The average molecular weight is 679 g/mol. The Morgan fingerprint density at radius 3 is 1.27 bits per heavy atom. The first kappa shape index (κ1) is 33.6. The van der Waals surface area contributed by atoms with Crippen LogP contribution in [-0.2, 0) is 19.1 Å². The van der Waals surface area contributed by atoms with Crippen molar-refractivity contribution in [3.8, 4) is 22.6 Å². The minimum absolute atomic E-state index is 0.0297. The lowest BCUT2D eigenvalue weighted by atomic mass is 10.0. The Balaban J connectivity index is 2.04. The number of carbonyl (C=O) groups is 2. The fraction of sp³-hybridized carbons (Fsp3) is 0.188. The van der Waals surface area contributed by atoms with Gasteiger partial charge in [0.1, 0.15) is 23.1 Å². The molecule has 0 heterocycles. The SMILES string of the molecule is COC(=O)C(C)Oc1c(Cl)ccc(Pc2ccc(F)cc2)c1-c1c(Pc2ccc(F)cc2)ccc(Cl)c1OC(C)C(=O)OC. The maximum Gasteiger partial charge on any atom is 0.346 e. The molecule has 4 aromatic carbocycles. The van der Waals surface area contributed by atoms with Gasteiger partial charge < -0.3 is 18.9 Å². The van der Waals surface area contributed by atoms with E-state index >= 15 is 0 Å². The molecule has 230 valence electrons. The maximum absolute atomic E-state index is 13.8. The summed E-state index contributed by atoms with van der Waals surface area (Å²) in [6.07, 6.45) is -2.11. The molecular formula is C32H28Cl2F2O6P2. The van der Waals surface area contributed by atoms with Crippen LogP contribution in [0.5, 0.6) is 11.5 Å². The molecule has 0 N–H and O–H groups in total. The summed E-state index contributed by atoms with van der Waals surface area (Å²) in [4.78, 5) is 24.9. The lowest BCUT2D eigenvalue weighted by molar-refractivity contribution is -0.148. The molecule has 4 atom stereocenters. The van der Waals surface area contributed by atoms with Crippen LogP contribution in [-0.4, -0.2) is 38.4 Å². The third kappa shape index (κ3) is 8.05.